The van der Waals surface area contributed by atoms with Gasteiger partial charge in [-0.2, -0.15) is 0 Å². The lowest BCUT2D eigenvalue weighted by Gasteiger charge is -2.19. The normalized spacial score (nSPS) is 21.2. The molecule has 1 aliphatic rings. The average molecular weight is 297 g/mol. The Balaban J connectivity index is 1.87. The number of rotatable bonds is 3. The number of thiophene rings is 1. The zero-order valence-corrected chi connectivity index (χ0v) is 12.9. The summed E-state index contributed by atoms with van der Waals surface area (Å²) >= 11 is 1.36. The van der Waals surface area contributed by atoms with Gasteiger partial charge in [0.05, 0.1) is 7.11 Å². The highest BCUT2D eigenvalue weighted by molar-refractivity contribution is 7.12. The zero-order chi connectivity index (χ0) is 14.9. The number of nitrogens with one attached hydrogen (secondary N) is 1. The Bertz CT molecular complexity index is 517. The predicted molar refractivity (Wildman–Crippen MR) is 76.2 cm³/mol. The van der Waals surface area contributed by atoms with E-state index in [1.807, 2.05) is 32.2 Å². The second-order valence-corrected chi connectivity index (χ2v) is 6.74. The quantitative estimate of drug-likeness (QED) is 0.871. The number of ether oxygens (including phenoxy) is 2. The van der Waals surface area contributed by atoms with Crippen molar-refractivity contribution in [1.82, 2.24) is 5.32 Å². The summed E-state index contributed by atoms with van der Waals surface area (Å²) < 4.78 is 9.89. The number of hydrogen-bond acceptors (Lipinski definition) is 5. The topological polar surface area (TPSA) is 64.6 Å². The minimum atomic E-state index is -0.491. The van der Waals surface area contributed by atoms with E-state index < -0.39 is 11.7 Å². The maximum absolute atomic E-state index is 11.6. The van der Waals surface area contributed by atoms with Crippen LogP contribution in [0.3, 0.4) is 0 Å². The Kier molecular flexibility index (Phi) is 4.04. The van der Waals surface area contributed by atoms with Crippen molar-refractivity contribution >= 4 is 23.4 Å². The molecule has 1 aromatic rings. The Morgan fingerprint density at radius 3 is 2.70 bits per heavy atom. The third-order valence-corrected chi connectivity index (χ3v) is 3.86. The lowest BCUT2D eigenvalue weighted by Crippen LogP contribution is -2.34. The smallest absolute Gasteiger partial charge is 0.407 e. The molecule has 1 fully saturated rings. The average Bonchev–Trinajstić information content (AvgIpc) is 2.90. The summed E-state index contributed by atoms with van der Waals surface area (Å²) in [5, 5.41) is 4.78. The standard InChI is InChI=1S/C14H19NO4S/c1-14(2,3)19-13(17)15-10-6-9(10)8-5-11(20-7-8)12(16)18-4/h5,7,9-10H,6H2,1-4H3,(H,15,17). The maximum Gasteiger partial charge on any atom is 0.407 e. The lowest BCUT2D eigenvalue weighted by atomic mass is 10.2. The highest BCUT2D eigenvalue weighted by atomic mass is 32.1. The molecular formula is C14H19NO4S. The van der Waals surface area contributed by atoms with Crippen LogP contribution in [0.25, 0.3) is 0 Å². The van der Waals surface area contributed by atoms with Crippen LogP contribution >= 0.6 is 11.3 Å². The van der Waals surface area contributed by atoms with Gasteiger partial charge in [-0.1, -0.05) is 0 Å². The van der Waals surface area contributed by atoms with Crippen LogP contribution in [0.15, 0.2) is 11.4 Å². The number of carbonyl (C=O) groups is 2. The number of amides is 1. The van der Waals surface area contributed by atoms with E-state index in [4.69, 9.17) is 4.74 Å². The van der Waals surface area contributed by atoms with E-state index in [1.165, 1.54) is 18.4 Å². The summed E-state index contributed by atoms with van der Waals surface area (Å²) in [4.78, 5) is 23.6. The van der Waals surface area contributed by atoms with E-state index in [1.54, 1.807) is 0 Å². The first kappa shape index (κ1) is 14.8. The van der Waals surface area contributed by atoms with E-state index in [2.05, 4.69) is 10.1 Å². The van der Waals surface area contributed by atoms with Gasteiger partial charge < -0.3 is 14.8 Å². The Hall–Kier alpha value is -1.56. The van der Waals surface area contributed by atoms with Crippen LogP contribution in [-0.4, -0.2) is 30.8 Å². The molecule has 0 spiro atoms. The molecule has 110 valence electrons. The molecule has 0 bridgehead atoms. The molecule has 2 atom stereocenters. The molecule has 1 amide bonds. The first-order valence-corrected chi connectivity index (χ1v) is 7.34. The fourth-order valence-corrected chi connectivity index (χ4v) is 2.82. The van der Waals surface area contributed by atoms with Gasteiger partial charge in [0.2, 0.25) is 0 Å². The van der Waals surface area contributed by atoms with Crippen molar-refractivity contribution in [2.24, 2.45) is 0 Å². The molecule has 6 heteroatoms. The van der Waals surface area contributed by atoms with Gasteiger partial charge in [-0.05, 0) is 44.2 Å². The molecule has 0 saturated heterocycles. The van der Waals surface area contributed by atoms with Gasteiger partial charge in [0.25, 0.3) is 0 Å². The number of hydrogen-bond donors (Lipinski definition) is 1. The van der Waals surface area contributed by atoms with Crippen LogP contribution in [0, 0.1) is 0 Å². The molecule has 1 saturated carbocycles. The molecule has 0 radical (unpaired) electrons. The fraction of sp³-hybridized carbons (Fsp3) is 0.571. The first-order chi connectivity index (χ1) is 9.30. The minimum Gasteiger partial charge on any atom is -0.465 e. The molecule has 20 heavy (non-hydrogen) atoms. The molecule has 5 nitrogen and oxygen atoms in total. The Morgan fingerprint density at radius 2 is 2.10 bits per heavy atom. The minimum absolute atomic E-state index is 0.0879. The summed E-state index contributed by atoms with van der Waals surface area (Å²) in [5.74, 6) is -0.0595. The SMILES string of the molecule is COC(=O)c1cc(C2CC2NC(=O)OC(C)(C)C)cs1. The molecule has 2 rings (SSSR count). The molecule has 1 aliphatic carbocycles. The largest absolute Gasteiger partial charge is 0.465 e. The van der Waals surface area contributed by atoms with E-state index >= 15 is 0 Å². The summed E-state index contributed by atoms with van der Waals surface area (Å²) in [6.45, 7) is 5.50. The third-order valence-electron chi connectivity index (χ3n) is 2.93. The predicted octanol–water partition coefficient (Wildman–Crippen LogP) is 2.92. The monoisotopic (exact) mass is 297 g/mol. The van der Waals surface area contributed by atoms with Gasteiger partial charge in [-0.15, -0.1) is 11.3 Å². The van der Waals surface area contributed by atoms with Gasteiger partial charge in [0, 0.05) is 12.0 Å². The number of esters is 1. The van der Waals surface area contributed by atoms with E-state index in [9.17, 15) is 9.59 Å². The van der Waals surface area contributed by atoms with Crippen LogP contribution in [0.4, 0.5) is 4.79 Å². The van der Waals surface area contributed by atoms with Crippen molar-refractivity contribution in [2.45, 2.75) is 44.8 Å². The Morgan fingerprint density at radius 1 is 1.40 bits per heavy atom. The van der Waals surface area contributed by atoms with E-state index in [0.717, 1.165) is 12.0 Å². The lowest BCUT2D eigenvalue weighted by molar-refractivity contribution is 0.0521. The summed E-state index contributed by atoms with van der Waals surface area (Å²) in [6, 6.07) is 1.92. The molecule has 1 aromatic heterocycles. The summed E-state index contributed by atoms with van der Waals surface area (Å²) in [5.41, 5.74) is 0.575. The molecule has 0 aliphatic heterocycles. The van der Waals surface area contributed by atoms with Crippen molar-refractivity contribution < 1.29 is 19.1 Å². The Labute approximate surface area is 122 Å². The van der Waals surface area contributed by atoms with Crippen LogP contribution in [0.5, 0.6) is 0 Å². The van der Waals surface area contributed by atoms with E-state index in [0.29, 0.717) is 4.88 Å². The van der Waals surface area contributed by atoms with Crippen LogP contribution in [-0.2, 0) is 9.47 Å². The van der Waals surface area contributed by atoms with Crippen molar-refractivity contribution in [3.05, 3.63) is 21.9 Å². The van der Waals surface area contributed by atoms with Crippen molar-refractivity contribution in [3.63, 3.8) is 0 Å². The van der Waals surface area contributed by atoms with Gasteiger partial charge >= 0.3 is 12.1 Å². The van der Waals surface area contributed by atoms with Gasteiger partial charge in [0.1, 0.15) is 10.5 Å². The maximum atomic E-state index is 11.6. The first-order valence-electron chi connectivity index (χ1n) is 6.46. The van der Waals surface area contributed by atoms with Crippen LogP contribution in [0.1, 0.15) is 48.3 Å². The zero-order valence-electron chi connectivity index (χ0n) is 12.1. The van der Waals surface area contributed by atoms with Gasteiger partial charge in [0.15, 0.2) is 0 Å². The van der Waals surface area contributed by atoms with Crippen molar-refractivity contribution in [3.8, 4) is 0 Å². The molecular weight excluding hydrogens is 278 g/mol. The number of alkyl carbamates (subject to hydrolysis) is 1. The highest BCUT2D eigenvalue weighted by Crippen LogP contribution is 2.42. The fourth-order valence-electron chi connectivity index (χ4n) is 1.93. The van der Waals surface area contributed by atoms with Gasteiger partial charge in [-0.25, -0.2) is 9.59 Å². The second kappa shape index (κ2) is 5.44. The third kappa shape index (κ3) is 3.72. The van der Waals surface area contributed by atoms with Crippen molar-refractivity contribution in [1.29, 1.82) is 0 Å². The molecule has 1 N–H and O–H groups in total. The number of methoxy groups -OCH3 is 1. The highest BCUT2D eigenvalue weighted by Gasteiger charge is 2.41. The van der Waals surface area contributed by atoms with Crippen LogP contribution in [0.2, 0.25) is 0 Å². The summed E-state index contributed by atoms with van der Waals surface area (Å²) in [6.07, 6.45) is 0.477. The van der Waals surface area contributed by atoms with Gasteiger partial charge in [-0.3, -0.25) is 0 Å². The number of carbonyl (C=O) groups excluding carboxylic acids is 2. The summed E-state index contributed by atoms with van der Waals surface area (Å²) in [7, 11) is 1.37. The van der Waals surface area contributed by atoms with E-state index in [-0.39, 0.29) is 17.9 Å². The van der Waals surface area contributed by atoms with Crippen LogP contribution < -0.4 is 5.32 Å². The molecule has 0 aromatic carbocycles. The molecule has 1 heterocycles. The molecule has 2 unspecified atom stereocenters. The second-order valence-electron chi connectivity index (χ2n) is 5.83. The van der Waals surface area contributed by atoms with Crippen molar-refractivity contribution in [2.75, 3.05) is 7.11 Å².